The summed E-state index contributed by atoms with van der Waals surface area (Å²) in [6, 6.07) is 12.0. The van der Waals surface area contributed by atoms with Gasteiger partial charge in [0.1, 0.15) is 5.82 Å². The molecule has 136 valence electrons. The number of anilines is 2. The summed E-state index contributed by atoms with van der Waals surface area (Å²) in [6.07, 6.45) is 0. The quantitative estimate of drug-likeness (QED) is 0.843. The van der Waals surface area contributed by atoms with Crippen LogP contribution in [-0.2, 0) is 9.59 Å². The van der Waals surface area contributed by atoms with Gasteiger partial charge in [0.05, 0.1) is 0 Å². The second-order valence-corrected chi connectivity index (χ2v) is 6.53. The normalized spacial score (nSPS) is 14.3. The lowest BCUT2D eigenvalue weighted by Crippen LogP contribution is -2.51. The zero-order valence-corrected chi connectivity index (χ0v) is 15.0. The van der Waals surface area contributed by atoms with Crippen LogP contribution in [0.15, 0.2) is 42.5 Å². The SMILES string of the molecule is Cc1ccc(NC(=O)C(=O)N2CCN(c3ccc(F)cc3)CC2)c(C)c1. The molecule has 0 bridgehead atoms. The van der Waals surface area contributed by atoms with E-state index >= 15 is 0 Å². The molecule has 0 saturated carbocycles. The zero-order chi connectivity index (χ0) is 18.7. The number of carbonyl (C=O) groups excluding carboxylic acids is 2. The number of nitrogens with zero attached hydrogens (tertiary/aromatic N) is 2. The van der Waals surface area contributed by atoms with E-state index in [1.807, 2.05) is 32.0 Å². The predicted octanol–water partition coefficient (Wildman–Crippen LogP) is 2.73. The van der Waals surface area contributed by atoms with E-state index in [9.17, 15) is 14.0 Å². The molecular formula is C20H22FN3O2. The lowest BCUT2D eigenvalue weighted by molar-refractivity contribution is -0.143. The van der Waals surface area contributed by atoms with Crippen molar-refractivity contribution in [3.05, 3.63) is 59.4 Å². The van der Waals surface area contributed by atoms with Crippen LogP contribution < -0.4 is 10.2 Å². The van der Waals surface area contributed by atoms with Gasteiger partial charge in [0, 0.05) is 37.6 Å². The molecule has 26 heavy (non-hydrogen) atoms. The molecule has 2 aromatic carbocycles. The van der Waals surface area contributed by atoms with Gasteiger partial charge in [-0.25, -0.2) is 4.39 Å². The van der Waals surface area contributed by atoms with E-state index < -0.39 is 11.8 Å². The van der Waals surface area contributed by atoms with E-state index in [0.29, 0.717) is 31.9 Å². The molecule has 0 unspecified atom stereocenters. The van der Waals surface area contributed by atoms with Crippen LogP contribution in [0.25, 0.3) is 0 Å². The van der Waals surface area contributed by atoms with E-state index in [4.69, 9.17) is 0 Å². The number of hydrogen-bond acceptors (Lipinski definition) is 3. The van der Waals surface area contributed by atoms with Crippen molar-refractivity contribution in [2.24, 2.45) is 0 Å². The first kappa shape index (κ1) is 17.9. The minimum Gasteiger partial charge on any atom is -0.368 e. The molecule has 2 aromatic rings. The Morgan fingerprint density at radius 2 is 1.62 bits per heavy atom. The molecule has 0 aliphatic carbocycles. The van der Waals surface area contributed by atoms with E-state index in [1.165, 1.54) is 12.1 Å². The van der Waals surface area contributed by atoms with E-state index in [-0.39, 0.29) is 5.82 Å². The summed E-state index contributed by atoms with van der Waals surface area (Å²) in [5, 5.41) is 2.70. The van der Waals surface area contributed by atoms with Crippen LogP contribution in [0.3, 0.4) is 0 Å². The first-order valence-electron chi connectivity index (χ1n) is 8.62. The summed E-state index contributed by atoms with van der Waals surface area (Å²) in [4.78, 5) is 28.3. The number of aryl methyl sites for hydroxylation is 2. The summed E-state index contributed by atoms with van der Waals surface area (Å²) in [7, 11) is 0. The molecule has 1 N–H and O–H groups in total. The fourth-order valence-corrected chi connectivity index (χ4v) is 3.09. The van der Waals surface area contributed by atoms with Crippen LogP contribution in [0.1, 0.15) is 11.1 Å². The third kappa shape index (κ3) is 4.02. The summed E-state index contributed by atoms with van der Waals surface area (Å²) in [6.45, 7) is 5.99. The summed E-state index contributed by atoms with van der Waals surface area (Å²) < 4.78 is 13.0. The zero-order valence-electron chi connectivity index (χ0n) is 15.0. The minimum absolute atomic E-state index is 0.273. The molecule has 1 aliphatic heterocycles. The molecule has 3 rings (SSSR count). The standard InChI is InChI=1S/C20H22FN3O2/c1-14-3-8-18(15(2)13-14)22-19(25)20(26)24-11-9-23(10-12-24)17-6-4-16(21)5-7-17/h3-8,13H,9-12H2,1-2H3,(H,22,25). The van der Waals surface area contributed by atoms with Crippen molar-refractivity contribution in [2.45, 2.75) is 13.8 Å². The number of rotatable bonds is 2. The van der Waals surface area contributed by atoms with Gasteiger partial charge in [-0.2, -0.15) is 0 Å². The molecule has 1 fully saturated rings. The molecule has 0 radical (unpaired) electrons. The highest BCUT2D eigenvalue weighted by Crippen LogP contribution is 2.18. The average Bonchev–Trinajstić information content (AvgIpc) is 2.64. The van der Waals surface area contributed by atoms with Gasteiger partial charge >= 0.3 is 11.8 Å². The van der Waals surface area contributed by atoms with Crippen LogP contribution in [0.4, 0.5) is 15.8 Å². The Kier molecular flexibility index (Phi) is 5.21. The van der Waals surface area contributed by atoms with Crippen LogP contribution in [0.5, 0.6) is 0 Å². The Morgan fingerprint density at radius 1 is 0.962 bits per heavy atom. The Labute approximate surface area is 152 Å². The van der Waals surface area contributed by atoms with Crippen LogP contribution in [0, 0.1) is 19.7 Å². The number of benzene rings is 2. The second kappa shape index (κ2) is 7.56. The molecule has 5 nitrogen and oxygen atoms in total. The second-order valence-electron chi connectivity index (χ2n) is 6.53. The van der Waals surface area contributed by atoms with E-state index in [2.05, 4.69) is 10.2 Å². The maximum absolute atomic E-state index is 13.0. The number of carbonyl (C=O) groups is 2. The van der Waals surface area contributed by atoms with Crippen molar-refractivity contribution < 1.29 is 14.0 Å². The molecule has 1 aliphatic rings. The number of hydrogen-bond donors (Lipinski definition) is 1. The fraction of sp³-hybridized carbons (Fsp3) is 0.300. The number of amides is 2. The van der Waals surface area contributed by atoms with Crippen molar-refractivity contribution in [3.8, 4) is 0 Å². The Morgan fingerprint density at radius 3 is 2.23 bits per heavy atom. The van der Waals surface area contributed by atoms with Crippen molar-refractivity contribution in [1.29, 1.82) is 0 Å². The number of nitrogens with one attached hydrogen (secondary N) is 1. The van der Waals surface area contributed by atoms with Gasteiger partial charge in [0.25, 0.3) is 0 Å². The van der Waals surface area contributed by atoms with Gasteiger partial charge < -0.3 is 15.1 Å². The van der Waals surface area contributed by atoms with Crippen LogP contribution in [-0.4, -0.2) is 42.9 Å². The lowest BCUT2D eigenvalue weighted by atomic mass is 10.1. The van der Waals surface area contributed by atoms with Gasteiger partial charge in [-0.15, -0.1) is 0 Å². The highest BCUT2D eigenvalue weighted by atomic mass is 19.1. The highest BCUT2D eigenvalue weighted by Gasteiger charge is 2.26. The molecule has 1 heterocycles. The smallest absolute Gasteiger partial charge is 0.313 e. The van der Waals surface area contributed by atoms with E-state index in [1.54, 1.807) is 17.0 Å². The van der Waals surface area contributed by atoms with Gasteiger partial charge in [-0.1, -0.05) is 17.7 Å². The fourth-order valence-electron chi connectivity index (χ4n) is 3.09. The topological polar surface area (TPSA) is 52.7 Å². The molecule has 2 amide bonds. The van der Waals surface area contributed by atoms with Crippen molar-refractivity contribution in [1.82, 2.24) is 4.90 Å². The molecular weight excluding hydrogens is 333 g/mol. The largest absolute Gasteiger partial charge is 0.368 e. The number of piperazine rings is 1. The van der Waals surface area contributed by atoms with Gasteiger partial charge in [0.15, 0.2) is 0 Å². The van der Waals surface area contributed by atoms with Gasteiger partial charge in [-0.3, -0.25) is 9.59 Å². The average molecular weight is 355 g/mol. The summed E-state index contributed by atoms with van der Waals surface area (Å²) in [5.41, 5.74) is 3.59. The molecule has 0 spiro atoms. The van der Waals surface area contributed by atoms with Crippen LogP contribution in [0.2, 0.25) is 0 Å². The molecule has 6 heteroatoms. The van der Waals surface area contributed by atoms with Crippen molar-refractivity contribution in [3.63, 3.8) is 0 Å². The maximum atomic E-state index is 13.0. The molecule has 0 atom stereocenters. The van der Waals surface area contributed by atoms with Gasteiger partial charge in [0.2, 0.25) is 0 Å². The third-order valence-electron chi connectivity index (χ3n) is 4.58. The summed E-state index contributed by atoms with van der Waals surface area (Å²) in [5.74, 6) is -1.42. The van der Waals surface area contributed by atoms with Crippen LogP contribution >= 0.6 is 0 Å². The molecule has 0 aromatic heterocycles. The Bertz CT molecular complexity index is 812. The third-order valence-corrected chi connectivity index (χ3v) is 4.58. The van der Waals surface area contributed by atoms with Crippen molar-refractivity contribution >= 4 is 23.2 Å². The number of halogens is 1. The monoisotopic (exact) mass is 355 g/mol. The van der Waals surface area contributed by atoms with Gasteiger partial charge in [-0.05, 0) is 49.7 Å². The highest BCUT2D eigenvalue weighted by molar-refractivity contribution is 6.39. The Hall–Kier alpha value is -2.89. The first-order valence-corrected chi connectivity index (χ1v) is 8.62. The van der Waals surface area contributed by atoms with E-state index in [0.717, 1.165) is 16.8 Å². The minimum atomic E-state index is -0.618. The Balaban J connectivity index is 1.57. The maximum Gasteiger partial charge on any atom is 0.313 e. The first-order chi connectivity index (χ1) is 12.4. The molecule has 1 saturated heterocycles. The predicted molar refractivity (Wildman–Crippen MR) is 99.7 cm³/mol. The van der Waals surface area contributed by atoms with Crippen molar-refractivity contribution in [2.75, 3.05) is 36.4 Å². The summed E-state index contributed by atoms with van der Waals surface area (Å²) >= 11 is 0. The lowest BCUT2D eigenvalue weighted by Gasteiger charge is -2.35.